The fourth-order valence-corrected chi connectivity index (χ4v) is 5.22. The maximum Gasteiger partial charge on any atom is 0.337 e. The molecule has 2 aromatic rings. The van der Waals surface area contributed by atoms with E-state index < -0.39 is 17.7 Å². The molecular weight excluding hydrogens is 412 g/mol. The molecule has 1 saturated carbocycles. The van der Waals surface area contributed by atoms with Crippen LogP contribution in [0, 0.1) is 32.6 Å². The number of aliphatic carboxylic acids is 1. The normalized spacial score (nSPS) is 21.5. The van der Waals surface area contributed by atoms with E-state index in [0.29, 0.717) is 23.1 Å². The van der Waals surface area contributed by atoms with Gasteiger partial charge in [0.2, 0.25) is 0 Å². The predicted octanol–water partition coefficient (Wildman–Crippen LogP) is 6.08. The standard InChI is InChI=1S/C25H31ClN2O3/c1-8-28-14(4)12(2)19-21(15-9-10-18(26)17-11-16(15)17)20(13(3)27-23(19)28)22(24(29)30)31-25(5,6)7/h9-10,16-17,22H,8,11H2,1-7H3,(H,29,30)/t16-,17?,22-/m1/s1. The molecule has 2 aliphatic rings. The fourth-order valence-electron chi connectivity index (χ4n) is 4.92. The number of carbonyl (C=O) groups is 1. The summed E-state index contributed by atoms with van der Waals surface area (Å²) in [5.74, 6) is -0.350. The Labute approximate surface area is 188 Å². The summed E-state index contributed by atoms with van der Waals surface area (Å²) in [4.78, 5) is 17.4. The fraction of sp³-hybridized carbons (Fsp3) is 0.520. The summed E-state index contributed by atoms with van der Waals surface area (Å²) in [5, 5.41) is 12.1. The number of halogens is 1. The summed E-state index contributed by atoms with van der Waals surface area (Å²) in [7, 11) is 0. The van der Waals surface area contributed by atoms with Crippen LogP contribution in [0.15, 0.2) is 17.2 Å². The van der Waals surface area contributed by atoms with Crippen LogP contribution in [0.1, 0.15) is 68.3 Å². The van der Waals surface area contributed by atoms with Gasteiger partial charge in [-0.15, -0.1) is 0 Å². The molecule has 2 aliphatic carbocycles. The lowest BCUT2D eigenvalue weighted by Gasteiger charge is -2.29. The number of carboxylic acids is 1. The van der Waals surface area contributed by atoms with Gasteiger partial charge in [-0.2, -0.15) is 0 Å². The maximum atomic E-state index is 12.4. The third-order valence-corrected chi connectivity index (χ3v) is 6.92. The van der Waals surface area contributed by atoms with Crippen LogP contribution < -0.4 is 0 Å². The second kappa shape index (κ2) is 7.49. The first-order valence-electron chi connectivity index (χ1n) is 10.9. The molecule has 4 rings (SSSR count). The van der Waals surface area contributed by atoms with Crippen molar-refractivity contribution in [2.75, 3.05) is 0 Å². The molecule has 0 radical (unpaired) electrons. The Morgan fingerprint density at radius 2 is 1.97 bits per heavy atom. The van der Waals surface area contributed by atoms with Crippen molar-refractivity contribution in [3.8, 4) is 0 Å². The Balaban J connectivity index is 2.10. The molecule has 3 atom stereocenters. The highest BCUT2D eigenvalue weighted by atomic mass is 35.5. The number of allylic oxidation sites excluding steroid dienone is 4. The molecule has 0 aliphatic heterocycles. The largest absolute Gasteiger partial charge is 0.479 e. The van der Waals surface area contributed by atoms with Crippen molar-refractivity contribution in [2.45, 2.75) is 73.1 Å². The second-order valence-corrected chi connectivity index (χ2v) is 10.1. The molecule has 0 amide bonds. The number of aromatic nitrogens is 2. The van der Waals surface area contributed by atoms with E-state index in [9.17, 15) is 9.90 Å². The van der Waals surface area contributed by atoms with E-state index in [-0.39, 0.29) is 0 Å². The van der Waals surface area contributed by atoms with Gasteiger partial charge in [-0.25, -0.2) is 9.78 Å². The number of rotatable bonds is 5. The van der Waals surface area contributed by atoms with Crippen LogP contribution in [0.2, 0.25) is 0 Å². The average Bonchev–Trinajstić information content (AvgIpc) is 3.43. The molecule has 0 aromatic carbocycles. The molecule has 1 fully saturated rings. The smallest absolute Gasteiger partial charge is 0.337 e. The highest BCUT2D eigenvalue weighted by Crippen LogP contribution is 2.57. The number of aryl methyl sites for hydroxylation is 3. The Morgan fingerprint density at radius 3 is 2.55 bits per heavy atom. The third kappa shape index (κ3) is 3.62. The lowest BCUT2D eigenvalue weighted by atomic mass is 9.86. The molecule has 1 unspecified atom stereocenters. The number of carboxylic acid groups (broad SMARTS) is 1. The number of pyridine rings is 1. The van der Waals surface area contributed by atoms with Gasteiger partial charge in [0.25, 0.3) is 0 Å². The Bertz CT molecular complexity index is 1150. The van der Waals surface area contributed by atoms with Crippen LogP contribution in [-0.2, 0) is 16.1 Å². The second-order valence-electron chi connectivity index (χ2n) is 9.71. The van der Waals surface area contributed by atoms with Crippen molar-refractivity contribution < 1.29 is 14.6 Å². The van der Waals surface area contributed by atoms with E-state index in [1.807, 2.05) is 33.8 Å². The molecular formula is C25H31ClN2O3. The minimum atomic E-state index is -1.10. The van der Waals surface area contributed by atoms with Gasteiger partial charge >= 0.3 is 5.97 Å². The molecule has 31 heavy (non-hydrogen) atoms. The van der Waals surface area contributed by atoms with E-state index in [4.69, 9.17) is 21.3 Å². The minimum absolute atomic E-state index is 0.315. The first kappa shape index (κ1) is 22.1. The Kier molecular flexibility index (Phi) is 5.34. The zero-order valence-electron chi connectivity index (χ0n) is 19.3. The Hall–Kier alpha value is -2.11. The van der Waals surface area contributed by atoms with Crippen LogP contribution in [0.4, 0.5) is 0 Å². The monoisotopic (exact) mass is 442 g/mol. The summed E-state index contributed by atoms with van der Waals surface area (Å²) in [6.45, 7) is 14.7. The van der Waals surface area contributed by atoms with Crippen molar-refractivity contribution in [1.29, 1.82) is 0 Å². The first-order chi connectivity index (χ1) is 14.5. The van der Waals surface area contributed by atoms with Crippen molar-refractivity contribution in [1.82, 2.24) is 9.55 Å². The molecule has 166 valence electrons. The van der Waals surface area contributed by atoms with Crippen molar-refractivity contribution in [3.63, 3.8) is 0 Å². The van der Waals surface area contributed by atoms with E-state index in [0.717, 1.165) is 51.4 Å². The SMILES string of the molecule is CCn1c(C)c(C)c2c(C3=CC=C(Cl)C4C[C@H]34)c([C@@H](OC(C)(C)C)C(=O)O)c(C)nc21. The Morgan fingerprint density at radius 1 is 1.29 bits per heavy atom. The van der Waals surface area contributed by atoms with Crippen LogP contribution in [0.25, 0.3) is 16.6 Å². The molecule has 2 aromatic heterocycles. The molecule has 0 saturated heterocycles. The number of hydrogen-bond donors (Lipinski definition) is 1. The summed E-state index contributed by atoms with van der Waals surface area (Å²) < 4.78 is 8.31. The van der Waals surface area contributed by atoms with Gasteiger partial charge in [0.1, 0.15) is 5.65 Å². The lowest BCUT2D eigenvalue weighted by molar-refractivity contribution is -0.160. The van der Waals surface area contributed by atoms with Gasteiger partial charge in [0, 0.05) is 39.8 Å². The van der Waals surface area contributed by atoms with E-state index >= 15 is 0 Å². The topological polar surface area (TPSA) is 64.3 Å². The van der Waals surface area contributed by atoms with Gasteiger partial charge in [-0.3, -0.25) is 0 Å². The highest BCUT2D eigenvalue weighted by molar-refractivity contribution is 6.30. The summed E-state index contributed by atoms with van der Waals surface area (Å²) in [6.07, 6.45) is 3.93. The van der Waals surface area contributed by atoms with Crippen molar-refractivity contribution in [3.05, 3.63) is 45.3 Å². The molecule has 0 spiro atoms. The molecule has 2 heterocycles. The first-order valence-corrected chi connectivity index (χ1v) is 11.3. The molecule has 5 nitrogen and oxygen atoms in total. The lowest BCUT2D eigenvalue weighted by Crippen LogP contribution is -2.29. The quantitative estimate of drug-likeness (QED) is 0.609. The third-order valence-electron chi connectivity index (χ3n) is 6.51. The van der Waals surface area contributed by atoms with Crippen LogP contribution >= 0.6 is 11.6 Å². The number of fused-ring (bicyclic) bond motifs is 2. The highest BCUT2D eigenvalue weighted by Gasteiger charge is 2.46. The maximum absolute atomic E-state index is 12.4. The average molecular weight is 443 g/mol. The van der Waals surface area contributed by atoms with E-state index in [2.05, 4.69) is 31.4 Å². The molecule has 1 N–H and O–H groups in total. The van der Waals surface area contributed by atoms with Gasteiger partial charge in [-0.1, -0.05) is 17.7 Å². The van der Waals surface area contributed by atoms with E-state index in [1.54, 1.807) is 0 Å². The number of nitrogens with zero attached hydrogens (tertiary/aromatic N) is 2. The van der Waals surface area contributed by atoms with Gasteiger partial charge in [0.05, 0.1) is 5.60 Å². The zero-order chi connectivity index (χ0) is 22.8. The summed E-state index contributed by atoms with van der Waals surface area (Å²) >= 11 is 6.42. The van der Waals surface area contributed by atoms with Crippen molar-refractivity contribution >= 4 is 34.2 Å². The van der Waals surface area contributed by atoms with Gasteiger partial charge < -0.3 is 14.4 Å². The van der Waals surface area contributed by atoms with Crippen LogP contribution in [-0.4, -0.2) is 26.2 Å². The number of ether oxygens (including phenoxy) is 1. The molecule has 0 bridgehead atoms. The minimum Gasteiger partial charge on any atom is -0.479 e. The van der Waals surface area contributed by atoms with Crippen molar-refractivity contribution in [2.24, 2.45) is 11.8 Å². The summed E-state index contributed by atoms with van der Waals surface area (Å²) in [6, 6.07) is 0. The zero-order valence-corrected chi connectivity index (χ0v) is 20.1. The van der Waals surface area contributed by atoms with Crippen LogP contribution in [0.3, 0.4) is 0 Å². The molecule has 6 heteroatoms. The predicted molar refractivity (Wildman–Crippen MR) is 124 cm³/mol. The van der Waals surface area contributed by atoms with Crippen LogP contribution in [0.5, 0.6) is 0 Å². The van der Waals surface area contributed by atoms with Gasteiger partial charge in [-0.05, 0) is 83.6 Å². The van der Waals surface area contributed by atoms with E-state index in [1.165, 1.54) is 0 Å². The summed E-state index contributed by atoms with van der Waals surface area (Å²) in [5.41, 5.74) is 6.07. The van der Waals surface area contributed by atoms with Gasteiger partial charge in [0.15, 0.2) is 6.10 Å². The number of hydrogen-bond acceptors (Lipinski definition) is 3.